The van der Waals surface area contributed by atoms with E-state index in [0.717, 1.165) is 116 Å². The van der Waals surface area contributed by atoms with E-state index < -0.39 is 32.5 Å². The number of nitrogens with zero attached hydrogens (tertiary/aromatic N) is 1. The lowest BCUT2D eigenvalue weighted by Gasteiger charge is -2.28. The van der Waals surface area contributed by atoms with Crippen LogP contribution >= 0.6 is 7.82 Å². The van der Waals surface area contributed by atoms with Crippen molar-refractivity contribution in [2.24, 2.45) is 0 Å². The Morgan fingerprint density at radius 3 is 1.06 bits per heavy atom. The molecule has 0 amide bonds. The molecule has 0 bridgehead atoms. The smallest absolute Gasteiger partial charge is 0.306 e. The molecule has 0 aromatic carbocycles. The second-order valence-corrected chi connectivity index (χ2v) is 24.2. The van der Waals surface area contributed by atoms with Gasteiger partial charge in [-0.05, 0) is 109 Å². The first-order valence-corrected chi connectivity index (χ1v) is 34.2. The average Bonchev–Trinajstić information content (AvgIpc) is 3.43. The Bertz CT molecular complexity index is 1780. The van der Waals surface area contributed by atoms with Crippen LogP contribution < -0.4 is 4.89 Å². The van der Waals surface area contributed by atoms with Crippen molar-refractivity contribution < 1.29 is 42.1 Å². The third kappa shape index (κ3) is 65.4. The van der Waals surface area contributed by atoms with Gasteiger partial charge in [-0.3, -0.25) is 14.2 Å². The molecule has 81 heavy (non-hydrogen) atoms. The molecular weight excluding hydrogens is 1030 g/mol. The van der Waals surface area contributed by atoms with Gasteiger partial charge in [-0.2, -0.15) is 0 Å². The van der Waals surface area contributed by atoms with E-state index in [1.54, 1.807) is 0 Å². The monoisotopic (exact) mass is 1150 g/mol. The predicted molar refractivity (Wildman–Crippen MR) is 346 cm³/mol. The third-order valence-corrected chi connectivity index (χ3v) is 14.7. The number of quaternary nitrogens is 1. The molecule has 0 aliphatic rings. The molecule has 0 saturated heterocycles. The zero-order valence-corrected chi connectivity index (χ0v) is 53.6. The maximum atomic E-state index is 12.8. The van der Waals surface area contributed by atoms with Crippen LogP contribution in [0.25, 0.3) is 0 Å². The van der Waals surface area contributed by atoms with Crippen molar-refractivity contribution in [1.29, 1.82) is 0 Å². The molecule has 0 fully saturated rings. The number of allylic oxidation sites excluding steroid dienone is 20. The van der Waals surface area contributed by atoms with Gasteiger partial charge in [0.2, 0.25) is 0 Å². The fourth-order valence-corrected chi connectivity index (χ4v) is 9.43. The summed E-state index contributed by atoms with van der Waals surface area (Å²) in [6.07, 6.45) is 87.0. The summed E-state index contributed by atoms with van der Waals surface area (Å²) < 4.78 is 34.2. The standard InChI is InChI=1S/C71H122NO8P/c1-6-8-10-12-14-16-18-20-22-24-25-26-27-28-29-30-31-32-33-34-35-36-37-38-39-40-41-42-43-44-45-46-47-48-50-52-54-56-58-60-62-64-71(74)80-69(68-79-81(75,76)78-66-65-72(3,4)5)67-77-70(73)63-61-59-57-55-53-51-49-23-21-19-17-15-13-11-9-7-2/h8,10,14,16,20,22-23,25-26,28-29,31-32,34-35,37-38,40-41,49,69H,6-7,9,11-13,15,17-19,21,24,27,30,33,36,39,42-48,50-68H2,1-5H3/b10-8-,16-14-,22-20-,26-25-,29-28-,32-31-,35-34-,38-37-,41-40-,49-23-. The summed E-state index contributed by atoms with van der Waals surface area (Å²) in [7, 11) is 1.15. The molecular formula is C71H122NO8P. The van der Waals surface area contributed by atoms with Gasteiger partial charge < -0.3 is 27.9 Å². The maximum Gasteiger partial charge on any atom is 0.306 e. The van der Waals surface area contributed by atoms with E-state index in [4.69, 9.17) is 18.5 Å². The van der Waals surface area contributed by atoms with E-state index in [-0.39, 0.29) is 26.1 Å². The van der Waals surface area contributed by atoms with E-state index in [0.29, 0.717) is 17.4 Å². The van der Waals surface area contributed by atoms with Gasteiger partial charge in [0.25, 0.3) is 7.82 Å². The molecule has 0 saturated carbocycles. The van der Waals surface area contributed by atoms with Crippen molar-refractivity contribution in [3.05, 3.63) is 122 Å². The van der Waals surface area contributed by atoms with E-state index in [1.807, 2.05) is 21.1 Å². The summed E-state index contributed by atoms with van der Waals surface area (Å²) in [5.41, 5.74) is 0. The fraction of sp³-hybridized carbons (Fsp3) is 0.690. The van der Waals surface area contributed by atoms with Crippen LogP contribution in [-0.4, -0.2) is 70.0 Å². The molecule has 2 atom stereocenters. The van der Waals surface area contributed by atoms with Crippen LogP contribution in [0.4, 0.5) is 0 Å². The highest BCUT2D eigenvalue weighted by atomic mass is 31.2. The number of hydrogen-bond acceptors (Lipinski definition) is 8. The molecule has 464 valence electrons. The molecule has 0 N–H and O–H groups in total. The molecule has 0 radical (unpaired) electrons. The summed E-state index contributed by atoms with van der Waals surface area (Å²) in [6, 6.07) is 0. The average molecular weight is 1150 g/mol. The van der Waals surface area contributed by atoms with Crippen molar-refractivity contribution in [3.63, 3.8) is 0 Å². The summed E-state index contributed by atoms with van der Waals surface area (Å²) >= 11 is 0. The second kappa shape index (κ2) is 61.0. The maximum absolute atomic E-state index is 12.8. The van der Waals surface area contributed by atoms with E-state index in [2.05, 4.69) is 135 Å². The minimum atomic E-state index is -4.64. The van der Waals surface area contributed by atoms with Crippen molar-refractivity contribution in [2.75, 3.05) is 47.5 Å². The number of phosphoric ester groups is 1. The van der Waals surface area contributed by atoms with Gasteiger partial charge in [-0.15, -0.1) is 0 Å². The molecule has 0 spiro atoms. The van der Waals surface area contributed by atoms with Crippen LogP contribution in [-0.2, 0) is 32.7 Å². The highest BCUT2D eigenvalue weighted by molar-refractivity contribution is 7.45. The molecule has 9 nitrogen and oxygen atoms in total. The first kappa shape index (κ1) is 77.4. The van der Waals surface area contributed by atoms with Gasteiger partial charge >= 0.3 is 11.9 Å². The second-order valence-electron chi connectivity index (χ2n) is 22.7. The largest absolute Gasteiger partial charge is 0.756 e. The minimum absolute atomic E-state index is 0.0361. The molecule has 0 aromatic heterocycles. The summed E-state index contributed by atoms with van der Waals surface area (Å²) in [6.45, 7) is 4.11. The van der Waals surface area contributed by atoms with E-state index in [9.17, 15) is 19.0 Å². The zero-order valence-electron chi connectivity index (χ0n) is 52.7. The van der Waals surface area contributed by atoms with Crippen LogP contribution in [0.5, 0.6) is 0 Å². The number of likely N-dealkylation sites (N-methyl/N-ethyl adjacent to an activating group) is 1. The first-order valence-electron chi connectivity index (χ1n) is 32.7. The van der Waals surface area contributed by atoms with E-state index >= 15 is 0 Å². The highest BCUT2D eigenvalue weighted by Gasteiger charge is 2.22. The number of unbranched alkanes of at least 4 members (excludes halogenated alkanes) is 25. The van der Waals surface area contributed by atoms with Crippen LogP contribution in [0.3, 0.4) is 0 Å². The Balaban J connectivity index is 4.04. The number of carbonyl (C=O) groups excluding carboxylic acids is 2. The lowest BCUT2D eigenvalue weighted by atomic mass is 10.0. The number of esters is 2. The Labute approximate surface area is 498 Å². The van der Waals surface area contributed by atoms with Gasteiger partial charge in [0.05, 0.1) is 27.7 Å². The summed E-state index contributed by atoms with van der Waals surface area (Å²) in [5, 5.41) is 0. The quantitative estimate of drug-likeness (QED) is 0.0195. The lowest BCUT2D eigenvalue weighted by Crippen LogP contribution is -2.37. The Morgan fingerprint density at radius 2 is 0.704 bits per heavy atom. The topological polar surface area (TPSA) is 111 Å². The van der Waals surface area contributed by atoms with Crippen molar-refractivity contribution in [1.82, 2.24) is 0 Å². The summed E-state index contributed by atoms with van der Waals surface area (Å²) in [5.74, 6) is -0.844. The van der Waals surface area contributed by atoms with Gasteiger partial charge in [-0.1, -0.05) is 264 Å². The van der Waals surface area contributed by atoms with Gasteiger partial charge in [0, 0.05) is 12.8 Å². The lowest BCUT2D eigenvalue weighted by molar-refractivity contribution is -0.870. The summed E-state index contributed by atoms with van der Waals surface area (Å²) in [4.78, 5) is 37.9. The molecule has 0 aliphatic carbocycles. The Morgan fingerprint density at radius 1 is 0.395 bits per heavy atom. The Kier molecular flexibility index (Phi) is 58.3. The SMILES string of the molecule is CC/C=C\C/C=C\C/C=C\C/C=C\C/C=C\C/C=C\C/C=C\C/C=C\C/C=C\CCCCCCCCCCCCCCCC(=O)OC(COC(=O)CCCCCCC/C=C\CCCCCCCCC)COP(=O)([O-])OCC[N+](C)(C)C. The van der Waals surface area contributed by atoms with Gasteiger partial charge in [0.1, 0.15) is 19.8 Å². The van der Waals surface area contributed by atoms with Crippen LogP contribution in [0.15, 0.2) is 122 Å². The van der Waals surface area contributed by atoms with Crippen molar-refractivity contribution in [3.8, 4) is 0 Å². The van der Waals surface area contributed by atoms with Crippen LogP contribution in [0.1, 0.15) is 264 Å². The highest BCUT2D eigenvalue weighted by Crippen LogP contribution is 2.38. The number of rotatable bonds is 59. The molecule has 0 aliphatic heterocycles. The van der Waals surface area contributed by atoms with Gasteiger partial charge in [0.15, 0.2) is 6.10 Å². The Hall–Kier alpha value is -3.59. The first-order chi connectivity index (χ1) is 39.5. The van der Waals surface area contributed by atoms with Crippen molar-refractivity contribution in [2.45, 2.75) is 270 Å². The van der Waals surface area contributed by atoms with Crippen LogP contribution in [0, 0.1) is 0 Å². The third-order valence-electron chi connectivity index (χ3n) is 13.7. The van der Waals surface area contributed by atoms with E-state index in [1.165, 1.54) is 116 Å². The van der Waals surface area contributed by atoms with Gasteiger partial charge in [-0.25, -0.2) is 0 Å². The van der Waals surface area contributed by atoms with Crippen molar-refractivity contribution >= 4 is 19.8 Å². The molecule has 10 heteroatoms. The molecule has 0 heterocycles. The molecule has 2 unspecified atom stereocenters. The number of carbonyl (C=O) groups is 2. The normalized spacial score (nSPS) is 14.0. The van der Waals surface area contributed by atoms with Crippen LogP contribution in [0.2, 0.25) is 0 Å². The number of phosphoric acid groups is 1. The number of ether oxygens (including phenoxy) is 2. The minimum Gasteiger partial charge on any atom is -0.756 e. The molecule has 0 rings (SSSR count). The zero-order chi connectivity index (χ0) is 59.1. The molecule has 0 aromatic rings. The fourth-order valence-electron chi connectivity index (χ4n) is 8.70. The predicted octanol–water partition coefficient (Wildman–Crippen LogP) is 20.5. The number of hydrogen-bond donors (Lipinski definition) is 0.